The van der Waals surface area contributed by atoms with Gasteiger partial charge in [0.2, 0.25) is 0 Å². The summed E-state index contributed by atoms with van der Waals surface area (Å²) in [6.45, 7) is 0. The van der Waals surface area contributed by atoms with E-state index in [4.69, 9.17) is 0 Å². The summed E-state index contributed by atoms with van der Waals surface area (Å²) < 4.78 is 42.9. The number of amides is 1. The molecule has 6 nitrogen and oxygen atoms in total. The molecule has 29 heavy (non-hydrogen) atoms. The highest BCUT2D eigenvalue weighted by molar-refractivity contribution is 9.10. The standard InChI is InChI=1S/C19H15BrF3N5O/c20-12-5-3-11(4-6-12)14-8-16(19(21,22)23)28-17(26-14)9-15(27-28)18(29)25-13-2-1-7-24-10-13/h1-7,9-10,14,16,26H,8H2,(H,25,29)/t14-,16+/m1/s1. The van der Waals surface area contributed by atoms with Crippen molar-refractivity contribution in [3.63, 3.8) is 0 Å². The van der Waals surface area contributed by atoms with Gasteiger partial charge in [-0.15, -0.1) is 0 Å². The predicted molar refractivity (Wildman–Crippen MR) is 105 cm³/mol. The van der Waals surface area contributed by atoms with Crippen molar-refractivity contribution in [1.82, 2.24) is 14.8 Å². The number of benzene rings is 1. The molecule has 2 N–H and O–H groups in total. The first-order chi connectivity index (χ1) is 13.8. The second-order valence-corrected chi connectivity index (χ2v) is 7.51. The smallest absolute Gasteiger partial charge is 0.363 e. The average Bonchev–Trinajstić information content (AvgIpc) is 3.12. The van der Waals surface area contributed by atoms with E-state index < -0.39 is 24.2 Å². The molecule has 3 heterocycles. The zero-order valence-electron chi connectivity index (χ0n) is 14.8. The van der Waals surface area contributed by atoms with Gasteiger partial charge in [-0.3, -0.25) is 9.78 Å². The van der Waals surface area contributed by atoms with Crippen molar-refractivity contribution < 1.29 is 18.0 Å². The van der Waals surface area contributed by atoms with Crippen LogP contribution >= 0.6 is 15.9 Å². The Balaban J connectivity index is 1.65. The van der Waals surface area contributed by atoms with Gasteiger partial charge in [0.25, 0.3) is 5.91 Å². The summed E-state index contributed by atoms with van der Waals surface area (Å²) in [5.41, 5.74) is 1.04. The Morgan fingerprint density at radius 2 is 2.00 bits per heavy atom. The van der Waals surface area contributed by atoms with Gasteiger partial charge in [-0.25, -0.2) is 4.68 Å². The number of fused-ring (bicyclic) bond motifs is 1. The molecule has 10 heteroatoms. The molecule has 0 radical (unpaired) electrons. The number of carbonyl (C=O) groups is 1. The molecule has 1 aliphatic heterocycles. The van der Waals surface area contributed by atoms with Crippen LogP contribution in [0.2, 0.25) is 0 Å². The molecule has 3 aromatic rings. The molecule has 0 saturated carbocycles. The summed E-state index contributed by atoms with van der Waals surface area (Å²) in [5, 5.41) is 9.58. The summed E-state index contributed by atoms with van der Waals surface area (Å²) in [4.78, 5) is 16.3. The Morgan fingerprint density at radius 3 is 2.66 bits per heavy atom. The fourth-order valence-electron chi connectivity index (χ4n) is 3.23. The van der Waals surface area contributed by atoms with Crippen LogP contribution in [0.25, 0.3) is 0 Å². The molecule has 1 aliphatic rings. The van der Waals surface area contributed by atoms with Crippen molar-refractivity contribution in [3.05, 3.63) is 70.6 Å². The van der Waals surface area contributed by atoms with Gasteiger partial charge in [-0.1, -0.05) is 28.1 Å². The molecule has 0 fully saturated rings. The van der Waals surface area contributed by atoms with Crippen LogP contribution in [0.5, 0.6) is 0 Å². The van der Waals surface area contributed by atoms with E-state index in [2.05, 4.69) is 36.6 Å². The van der Waals surface area contributed by atoms with Gasteiger partial charge in [-0.05, 0) is 29.8 Å². The minimum atomic E-state index is -4.51. The second-order valence-electron chi connectivity index (χ2n) is 6.60. The van der Waals surface area contributed by atoms with Crippen LogP contribution in [0.3, 0.4) is 0 Å². The zero-order chi connectivity index (χ0) is 20.6. The number of anilines is 2. The summed E-state index contributed by atoms with van der Waals surface area (Å²) in [6.07, 6.45) is -1.75. The topological polar surface area (TPSA) is 71.8 Å². The molecule has 1 aromatic carbocycles. The number of hydrogen-bond donors (Lipinski definition) is 2. The Kier molecular flexibility index (Phi) is 5.03. The van der Waals surface area contributed by atoms with Gasteiger partial charge in [0, 0.05) is 23.2 Å². The van der Waals surface area contributed by atoms with Gasteiger partial charge < -0.3 is 10.6 Å². The van der Waals surface area contributed by atoms with Gasteiger partial charge in [0.15, 0.2) is 11.7 Å². The van der Waals surface area contributed by atoms with E-state index in [9.17, 15) is 18.0 Å². The predicted octanol–water partition coefficient (Wildman–Crippen LogP) is 4.95. The molecule has 1 amide bonds. The Labute approximate surface area is 172 Å². The van der Waals surface area contributed by atoms with E-state index in [1.165, 1.54) is 12.3 Å². The van der Waals surface area contributed by atoms with E-state index in [1.807, 2.05) is 0 Å². The van der Waals surface area contributed by atoms with E-state index in [0.29, 0.717) is 5.69 Å². The van der Waals surface area contributed by atoms with E-state index in [1.54, 1.807) is 42.6 Å². The maximum atomic E-state index is 13.7. The number of nitrogens with zero attached hydrogens (tertiary/aromatic N) is 3. The lowest BCUT2D eigenvalue weighted by atomic mass is 9.97. The third kappa shape index (κ3) is 4.12. The number of alkyl halides is 3. The van der Waals surface area contributed by atoms with Crippen LogP contribution < -0.4 is 10.6 Å². The quantitative estimate of drug-likeness (QED) is 0.573. The molecule has 0 spiro atoms. The number of pyridine rings is 1. The zero-order valence-corrected chi connectivity index (χ0v) is 16.4. The molecule has 0 unspecified atom stereocenters. The highest BCUT2D eigenvalue weighted by Gasteiger charge is 2.46. The lowest BCUT2D eigenvalue weighted by Gasteiger charge is -2.33. The van der Waals surface area contributed by atoms with Crippen LogP contribution in [-0.4, -0.2) is 26.8 Å². The third-order valence-electron chi connectivity index (χ3n) is 4.61. The lowest BCUT2D eigenvalue weighted by molar-refractivity contribution is -0.173. The van der Waals surface area contributed by atoms with Crippen molar-refractivity contribution in [2.24, 2.45) is 0 Å². The van der Waals surface area contributed by atoms with Crippen molar-refractivity contribution in [1.29, 1.82) is 0 Å². The van der Waals surface area contributed by atoms with Crippen LogP contribution in [0, 0.1) is 0 Å². The molecule has 150 valence electrons. The Morgan fingerprint density at radius 1 is 1.24 bits per heavy atom. The largest absolute Gasteiger partial charge is 0.410 e. The Bertz CT molecular complexity index is 1020. The highest BCUT2D eigenvalue weighted by Crippen LogP contribution is 2.43. The van der Waals surface area contributed by atoms with Gasteiger partial charge in [0.1, 0.15) is 5.82 Å². The average molecular weight is 466 g/mol. The summed E-state index contributed by atoms with van der Waals surface area (Å²) >= 11 is 3.32. The van der Waals surface area contributed by atoms with Crippen LogP contribution in [0.4, 0.5) is 24.7 Å². The van der Waals surface area contributed by atoms with Crippen molar-refractivity contribution in [3.8, 4) is 0 Å². The molecule has 0 aliphatic carbocycles. The van der Waals surface area contributed by atoms with Crippen molar-refractivity contribution in [2.75, 3.05) is 10.6 Å². The Hall–Kier alpha value is -2.88. The summed E-state index contributed by atoms with van der Waals surface area (Å²) in [5.74, 6) is -0.467. The van der Waals surface area contributed by atoms with Crippen LogP contribution in [0.1, 0.15) is 34.6 Å². The monoisotopic (exact) mass is 465 g/mol. The molecular formula is C19H15BrF3N5O. The lowest BCUT2D eigenvalue weighted by Crippen LogP contribution is -2.35. The third-order valence-corrected chi connectivity index (χ3v) is 5.14. The van der Waals surface area contributed by atoms with Crippen LogP contribution in [0.15, 0.2) is 59.3 Å². The van der Waals surface area contributed by atoms with Gasteiger partial charge >= 0.3 is 6.18 Å². The number of nitrogens with one attached hydrogen (secondary N) is 2. The SMILES string of the molecule is O=C(Nc1cccnc1)c1cc2n(n1)[C@H](C(F)(F)F)C[C@H](c1ccc(Br)cc1)N2. The maximum absolute atomic E-state index is 13.7. The molecule has 0 bridgehead atoms. The number of aromatic nitrogens is 3. The molecule has 0 saturated heterocycles. The molecule has 4 rings (SSSR count). The van der Waals surface area contributed by atoms with Crippen molar-refractivity contribution >= 4 is 33.3 Å². The van der Waals surface area contributed by atoms with Crippen LogP contribution in [-0.2, 0) is 0 Å². The first kappa shape index (κ1) is 19.4. The number of carbonyl (C=O) groups excluding carboxylic acids is 1. The normalized spacial score (nSPS) is 18.6. The highest BCUT2D eigenvalue weighted by atomic mass is 79.9. The molecule has 2 aromatic heterocycles. The van der Waals surface area contributed by atoms with Crippen molar-refractivity contribution in [2.45, 2.75) is 24.7 Å². The maximum Gasteiger partial charge on any atom is 0.410 e. The molecule has 2 atom stereocenters. The number of hydrogen-bond acceptors (Lipinski definition) is 4. The molecular weight excluding hydrogens is 451 g/mol. The summed E-state index contributed by atoms with van der Waals surface area (Å²) in [6, 6.07) is 9.26. The van der Waals surface area contributed by atoms with Gasteiger partial charge in [0.05, 0.1) is 17.9 Å². The van der Waals surface area contributed by atoms with E-state index in [-0.39, 0.29) is 17.9 Å². The van der Waals surface area contributed by atoms with E-state index in [0.717, 1.165) is 14.7 Å². The summed E-state index contributed by atoms with van der Waals surface area (Å²) in [7, 11) is 0. The minimum Gasteiger partial charge on any atom is -0.363 e. The second kappa shape index (κ2) is 7.51. The minimum absolute atomic E-state index is 0.109. The van der Waals surface area contributed by atoms with E-state index >= 15 is 0 Å². The number of halogens is 4. The van der Waals surface area contributed by atoms with Gasteiger partial charge in [-0.2, -0.15) is 18.3 Å². The fourth-order valence-corrected chi connectivity index (χ4v) is 3.49. The first-order valence-electron chi connectivity index (χ1n) is 8.71. The first-order valence-corrected chi connectivity index (χ1v) is 9.50. The number of rotatable bonds is 3. The fraction of sp³-hybridized carbons (Fsp3) is 0.211.